The predicted octanol–water partition coefficient (Wildman–Crippen LogP) is 3.33. The highest BCUT2D eigenvalue weighted by molar-refractivity contribution is 5.33. The van der Waals surface area contributed by atoms with Gasteiger partial charge in [0.05, 0.1) is 12.8 Å². The van der Waals surface area contributed by atoms with E-state index in [9.17, 15) is 5.26 Å². The van der Waals surface area contributed by atoms with Gasteiger partial charge in [0.2, 0.25) is 0 Å². The fourth-order valence-electron chi connectivity index (χ4n) is 2.40. The summed E-state index contributed by atoms with van der Waals surface area (Å²) in [4.78, 5) is 0. The number of nitriles is 1. The number of unbranched alkanes of at least 4 members (excludes halogenated alkanes) is 3. The van der Waals surface area contributed by atoms with E-state index in [-0.39, 0.29) is 0 Å². The fraction of sp³-hybridized carbons (Fsp3) is 0.471. The molecular formula is C17H22N4O. The van der Waals surface area contributed by atoms with Crippen LogP contribution >= 0.6 is 0 Å². The van der Waals surface area contributed by atoms with Gasteiger partial charge < -0.3 is 4.74 Å². The normalized spacial score (nSPS) is 10.4. The molecule has 1 heterocycles. The fourth-order valence-corrected chi connectivity index (χ4v) is 2.40. The van der Waals surface area contributed by atoms with Crippen molar-refractivity contribution in [2.45, 2.75) is 45.6 Å². The zero-order chi connectivity index (χ0) is 15.8. The van der Waals surface area contributed by atoms with E-state index in [4.69, 9.17) is 4.74 Å². The molecule has 0 unspecified atom stereocenters. The lowest BCUT2D eigenvalue weighted by Gasteiger charge is -2.07. The van der Waals surface area contributed by atoms with Gasteiger partial charge in [-0.15, -0.1) is 5.10 Å². The highest BCUT2D eigenvalue weighted by Gasteiger charge is 2.13. The van der Waals surface area contributed by atoms with E-state index in [0.29, 0.717) is 12.1 Å². The molecule has 0 saturated carbocycles. The Morgan fingerprint density at radius 2 is 1.95 bits per heavy atom. The van der Waals surface area contributed by atoms with Gasteiger partial charge in [-0.05, 0) is 24.1 Å². The molecule has 2 aromatic rings. The summed E-state index contributed by atoms with van der Waals surface area (Å²) in [5, 5.41) is 17.3. The monoisotopic (exact) mass is 298 g/mol. The van der Waals surface area contributed by atoms with E-state index in [2.05, 4.69) is 23.3 Å². The number of aryl methyl sites for hydroxylation is 1. The van der Waals surface area contributed by atoms with Crippen molar-refractivity contribution in [3.63, 3.8) is 0 Å². The van der Waals surface area contributed by atoms with Gasteiger partial charge in [-0.3, -0.25) is 0 Å². The van der Waals surface area contributed by atoms with Gasteiger partial charge in [-0.25, -0.2) is 4.68 Å². The summed E-state index contributed by atoms with van der Waals surface area (Å²) in [6.45, 7) is 3.01. The smallest absolute Gasteiger partial charge is 0.186 e. The highest BCUT2D eigenvalue weighted by atomic mass is 16.5. The molecule has 0 spiro atoms. The minimum Gasteiger partial charge on any atom is -0.497 e. The largest absolute Gasteiger partial charge is 0.497 e. The lowest BCUT2D eigenvalue weighted by Crippen LogP contribution is -2.07. The van der Waals surface area contributed by atoms with Gasteiger partial charge in [0.15, 0.2) is 5.69 Å². The highest BCUT2D eigenvalue weighted by Crippen LogP contribution is 2.17. The molecule has 1 aromatic heterocycles. The summed E-state index contributed by atoms with van der Waals surface area (Å²) < 4.78 is 7.04. The standard InChI is InChI=1S/C17H22N4O/c1-3-4-5-6-11-21-17(16(13-18)19-20-21)12-14-7-9-15(22-2)10-8-14/h7-10H,3-6,11-12H2,1-2H3. The Balaban J connectivity index is 2.10. The van der Waals surface area contributed by atoms with Crippen LogP contribution in [-0.2, 0) is 13.0 Å². The quantitative estimate of drug-likeness (QED) is 0.701. The number of aromatic nitrogens is 3. The molecular weight excluding hydrogens is 276 g/mol. The van der Waals surface area contributed by atoms with E-state index in [0.717, 1.165) is 30.0 Å². The van der Waals surface area contributed by atoms with E-state index in [1.54, 1.807) is 7.11 Å². The van der Waals surface area contributed by atoms with Crippen molar-refractivity contribution in [2.24, 2.45) is 0 Å². The van der Waals surface area contributed by atoms with Crippen molar-refractivity contribution in [1.82, 2.24) is 15.0 Å². The summed E-state index contributed by atoms with van der Waals surface area (Å²) in [5.41, 5.74) is 2.44. The van der Waals surface area contributed by atoms with E-state index < -0.39 is 0 Å². The second-order valence-electron chi connectivity index (χ2n) is 5.31. The Morgan fingerprint density at radius 3 is 2.59 bits per heavy atom. The molecule has 0 bridgehead atoms. The molecule has 0 aliphatic heterocycles. The molecule has 22 heavy (non-hydrogen) atoms. The molecule has 2 rings (SSSR count). The average Bonchev–Trinajstić information content (AvgIpc) is 2.94. The van der Waals surface area contributed by atoms with Crippen LogP contribution in [0.3, 0.4) is 0 Å². The minimum atomic E-state index is 0.423. The van der Waals surface area contributed by atoms with Crippen LogP contribution in [0.1, 0.15) is 49.6 Å². The van der Waals surface area contributed by atoms with E-state index in [1.165, 1.54) is 19.3 Å². The summed E-state index contributed by atoms with van der Waals surface area (Å²) in [7, 11) is 1.65. The summed E-state index contributed by atoms with van der Waals surface area (Å²) in [6, 6.07) is 10.0. The third kappa shape index (κ3) is 4.08. The third-order valence-corrected chi connectivity index (χ3v) is 3.70. The molecule has 116 valence electrons. The second-order valence-corrected chi connectivity index (χ2v) is 5.31. The van der Waals surface area contributed by atoms with Gasteiger partial charge in [0.1, 0.15) is 11.8 Å². The molecule has 0 aliphatic rings. The summed E-state index contributed by atoms with van der Waals surface area (Å²) in [5.74, 6) is 0.829. The van der Waals surface area contributed by atoms with Gasteiger partial charge in [0.25, 0.3) is 0 Å². The van der Waals surface area contributed by atoms with Crippen molar-refractivity contribution in [3.05, 3.63) is 41.2 Å². The van der Waals surface area contributed by atoms with Gasteiger partial charge in [-0.1, -0.05) is 43.5 Å². The maximum atomic E-state index is 9.22. The zero-order valence-corrected chi connectivity index (χ0v) is 13.2. The first-order valence-corrected chi connectivity index (χ1v) is 7.74. The van der Waals surface area contributed by atoms with Crippen LogP contribution < -0.4 is 4.74 Å². The number of hydrogen-bond acceptors (Lipinski definition) is 4. The van der Waals surface area contributed by atoms with Crippen LogP contribution in [0.5, 0.6) is 5.75 Å². The molecule has 1 aromatic carbocycles. The number of methoxy groups -OCH3 is 1. The lowest BCUT2D eigenvalue weighted by molar-refractivity contribution is 0.414. The molecule has 0 fully saturated rings. The maximum Gasteiger partial charge on any atom is 0.186 e. The number of nitrogens with zero attached hydrogens (tertiary/aromatic N) is 4. The Labute approximate surface area is 131 Å². The zero-order valence-electron chi connectivity index (χ0n) is 13.2. The molecule has 0 radical (unpaired) electrons. The first-order chi connectivity index (χ1) is 10.8. The van der Waals surface area contributed by atoms with Crippen molar-refractivity contribution in [3.8, 4) is 11.8 Å². The van der Waals surface area contributed by atoms with Crippen LogP contribution in [0.15, 0.2) is 24.3 Å². The minimum absolute atomic E-state index is 0.423. The van der Waals surface area contributed by atoms with Crippen LogP contribution in [0, 0.1) is 11.3 Å². The number of benzene rings is 1. The van der Waals surface area contributed by atoms with Crippen LogP contribution in [0.4, 0.5) is 0 Å². The molecule has 0 N–H and O–H groups in total. The summed E-state index contributed by atoms with van der Waals surface area (Å²) >= 11 is 0. The molecule has 0 saturated heterocycles. The Bertz CT molecular complexity index is 625. The summed E-state index contributed by atoms with van der Waals surface area (Å²) in [6.07, 6.45) is 5.35. The van der Waals surface area contributed by atoms with Crippen molar-refractivity contribution < 1.29 is 4.74 Å². The molecule has 0 amide bonds. The first kappa shape index (κ1) is 16.0. The number of hydrogen-bond donors (Lipinski definition) is 0. The van der Waals surface area contributed by atoms with Crippen LogP contribution in [0.25, 0.3) is 0 Å². The Morgan fingerprint density at radius 1 is 1.18 bits per heavy atom. The van der Waals surface area contributed by atoms with E-state index in [1.807, 2.05) is 28.9 Å². The topological polar surface area (TPSA) is 63.7 Å². The predicted molar refractivity (Wildman–Crippen MR) is 84.7 cm³/mol. The SMILES string of the molecule is CCCCCCn1nnc(C#N)c1Cc1ccc(OC)cc1. The van der Waals surface area contributed by atoms with Gasteiger partial charge in [-0.2, -0.15) is 5.26 Å². The molecule has 5 nitrogen and oxygen atoms in total. The second kappa shape index (κ2) is 8.18. The number of rotatable bonds is 8. The van der Waals surface area contributed by atoms with Crippen molar-refractivity contribution >= 4 is 0 Å². The van der Waals surface area contributed by atoms with Crippen molar-refractivity contribution in [2.75, 3.05) is 7.11 Å². The van der Waals surface area contributed by atoms with Crippen LogP contribution in [0.2, 0.25) is 0 Å². The van der Waals surface area contributed by atoms with Gasteiger partial charge in [0, 0.05) is 13.0 Å². The van der Waals surface area contributed by atoms with E-state index >= 15 is 0 Å². The Kier molecular flexibility index (Phi) is 5.96. The lowest BCUT2D eigenvalue weighted by atomic mass is 10.1. The first-order valence-electron chi connectivity index (χ1n) is 7.74. The number of ether oxygens (including phenoxy) is 1. The maximum absolute atomic E-state index is 9.22. The molecule has 0 atom stereocenters. The molecule has 0 aliphatic carbocycles. The molecule has 5 heteroatoms. The van der Waals surface area contributed by atoms with Crippen LogP contribution in [-0.4, -0.2) is 22.1 Å². The van der Waals surface area contributed by atoms with Crippen molar-refractivity contribution in [1.29, 1.82) is 5.26 Å². The average molecular weight is 298 g/mol. The third-order valence-electron chi connectivity index (χ3n) is 3.70. The Hall–Kier alpha value is -2.35. The van der Waals surface area contributed by atoms with Gasteiger partial charge >= 0.3 is 0 Å².